The van der Waals surface area contributed by atoms with Crippen LogP contribution in [0.1, 0.15) is 43.4 Å². The van der Waals surface area contributed by atoms with E-state index >= 15 is 0 Å². The van der Waals surface area contributed by atoms with Crippen LogP contribution in [0.2, 0.25) is 0 Å². The highest BCUT2D eigenvalue weighted by Crippen LogP contribution is 2.31. The molecule has 142 valence electrons. The summed E-state index contributed by atoms with van der Waals surface area (Å²) in [6.45, 7) is 2.03. The maximum atomic E-state index is 13.4. The molecule has 0 saturated heterocycles. The number of anilines is 1. The number of carbonyl (C=O) groups excluding carboxylic acids is 1. The van der Waals surface area contributed by atoms with Crippen molar-refractivity contribution in [1.29, 1.82) is 0 Å². The second kappa shape index (κ2) is 7.72. The molecule has 27 heavy (non-hydrogen) atoms. The second-order valence-corrected chi connectivity index (χ2v) is 8.06. The second-order valence-electron chi connectivity index (χ2n) is 7.19. The van der Waals surface area contributed by atoms with Crippen LogP contribution in [0.5, 0.6) is 5.75 Å². The van der Waals surface area contributed by atoms with Crippen LogP contribution in [0.3, 0.4) is 0 Å². The van der Waals surface area contributed by atoms with Crippen molar-refractivity contribution in [3.63, 3.8) is 0 Å². The lowest BCUT2D eigenvalue weighted by Crippen LogP contribution is -2.42. The number of aryl methyl sites for hydroxylation is 1. The first kappa shape index (κ1) is 18.0. The standard InChI is InChI=1S/C21H25N3O2S/c1-14-17(18-12-16(26-2)8-9-19(18)23-14)13-20(25)24(21-22-10-11-27-21)15-6-4-3-5-7-15/h8-12,15,23H,3-7,13H2,1-2H3. The first-order valence-electron chi connectivity index (χ1n) is 9.54. The lowest BCUT2D eigenvalue weighted by atomic mass is 9.94. The molecule has 0 atom stereocenters. The number of ether oxygens (including phenoxy) is 1. The third-order valence-electron chi connectivity index (χ3n) is 5.49. The molecule has 1 fully saturated rings. The topological polar surface area (TPSA) is 58.2 Å². The molecule has 1 amide bonds. The number of H-pyrrole nitrogens is 1. The summed E-state index contributed by atoms with van der Waals surface area (Å²) in [7, 11) is 1.67. The fraction of sp³-hybridized carbons (Fsp3) is 0.429. The van der Waals surface area contributed by atoms with Gasteiger partial charge in [0.15, 0.2) is 5.13 Å². The van der Waals surface area contributed by atoms with E-state index in [0.29, 0.717) is 6.42 Å². The van der Waals surface area contributed by atoms with Crippen molar-refractivity contribution in [2.24, 2.45) is 0 Å². The zero-order valence-corrected chi connectivity index (χ0v) is 16.6. The van der Waals surface area contributed by atoms with Crippen LogP contribution in [-0.2, 0) is 11.2 Å². The Hall–Kier alpha value is -2.34. The number of hydrogen-bond donors (Lipinski definition) is 1. The molecule has 1 saturated carbocycles. The highest BCUT2D eigenvalue weighted by Gasteiger charge is 2.29. The quantitative estimate of drug-likeness (QED) is 0.685. The van der Waals surface area contributed by atoms with Gasteiger partial charge in [-0.05, 0) is 43.5 Å². The fourth-order valence-electron chi connectivity index (χ4n) is 4.09. The van der Waals surface area contributed by atoms with Gasteiger partial charge in [-0.1, -0.05) is 19.3 Å². The van der Waals surface area contributed by atoms with E-state index < -0.39 is 0 Å². The van der Waals surface area contributed by atoms with Gasteiger partial charge >= 0.3 is 0 Å². The van der Waals surface area contributed by atoms with Gasteiger partial charge in [0.25, 0.3) is 0 Å². The normalized spacial score (nSPS) is 15.2. The Morgan fingerprint density at radius 3 is 2.85 bits per heavy atom. The maximum Gasteiger partial charge on any atom is 0.233 e. The summed E-state index contributed by atoms with van der Waals surface area (Å²) in [5.74, 6) is 0.933. The van der Waals surface area contributed by atoms with Gasteiger partial charge in [0.2, 0.25) is 5.91 Å². The van der Waals surface area contributed by atoms with E-state index in [2.05, 4.69) is 9.97 Å². The lowest BCUT2D eigenvalue weighted by Gasteiger charge is -2.32. The first-order chi connectivity index (χ1) is 13.2. The monoisotopic (exact) mass is 383 g/mol. The molecular formula is C21H25N3O2S. The van der Waals surface area contributed by atoms with Gasteiger partial charge in [-0.25, -0.2) is 4.98 Å². The minimum atomic E-state index is 0.128. The number of aromatic amines is 1. The highest BCUT2D eigenvalue weighted by molar-refractivity contribution is 7.13. The number of benzene rings is 1. The van der Waals surface area contributed by atoms with Gasteiger partial charge in [0, 0.05) is 34.2 Å². The van der Waals surface area contributed by atoms with Crippen molar-refractivity contribution in [1.82, 2.24) is 9.97 Å². The van der Waals surface area contributed by atoms with Crippen LogP contribution in [0.25, 0.3) is 10.9 Å². The number of aromatic nitrogens is 2. The Kier molecular flexibility index (Phi) is 5.16. The number of thiazole rings is 1. The smallest absolute Gasteiger partial charge is 0.233 e. The van der Waals surface area contributed by atoms with Crippen molar-refractivity contribution in [3.8, 4) is 5.75 Å². The molecule has 6 heteroatoms. The number of nitrogens with zero attached hydrogens (tertiary/aromatic N) is 2. The minimum absolute atomic E-state index is 0.128. The maximum absolute atomic E-state index is 13.4. The Morgan fingerprint density at radius 1 is 1.33 bits per heavy atom. The average Bonchev–Trinajstić information content (AvgIpc) is 3.31. The van der Waals surface area contributed by atoms with Crippen molar-refractivity contribution in [2.75, 3.05) is 12.0 Å². The summed E-state index contributed by atoms with van der Waals surface area (Å²) in [5.41, 5.74) is 3.12. The number of amides is 1. The van der Waals surface area contributed by atoms with E-state index in [1.54, 1.807) is 24.6 Å². The van der Waals surface area contributed by atoms with Crippen molar-refractivity contribution in [2.45, 2.75) is 51.5 Å². The molecule has 1 N–H and O–H groups in total. The molecule has 0 aliphatic heterocycles. The van der Waals surface area contributed by atoms with Crippen LogP contribution in [0.4, 0.5) is 5.13 Å². The van der Waals surface area contributed by atoms with Crippen LogP contribution in [0.15, 0.2) is 29.8 Å². The molecule has 1 aliphatic carbocycles. The van der Waals surface area contributed by atoms with E-state index in [-0.39, 0.29) is 11.9 Å². The number of rotatable bonds is 5. The number of hydrogen-bond acceptors (Lipinski definition) is 4. The van der Waals surface area contributed by atoms with Crippen LogP contribution in [-0.4, -0.2) is 29.0 Å². The summed E-state index contributed by atoms with van der Waals surface area (Å²) in [6.07, 6.45) is 7.90. The highest BCUT2D eigenvalue weighted by atomic mass is 32.1. The van der Waals surface area contributed by atoms with Gasteiger partial charge in [-0.3, -0.25) is 9.69 Å². The summed E-state index contributed by atoms with van der Waals surface area (Å²) < 4.78 is 5.38. The molecule has 0 bridgehead atoms. The van der Waals surface area contributed by atoms with Crippen molar-refractivity contribution < 1.29 is 9.53 Å². The fourth-order valence-corrected chi connectivity index (χ4v) is 4.82. The van der Waals surface area contributed by atoms with Crippen molar-refractivity contribution in [3.05, 3.63) is 41.0 Å². The Bertz CT molecular complexity index is 926. The molecular weight excluding hydrogens is 358 g/mol. The van der Waals surface area contributed by atoms with Gasteiger partial charge in [0.05, 0.1) is 13.5 Å². The number of nitrogens with one attached hydrogen (secondary N) is 1. The van der Waals surface area contributed by atoms with Gasteiger partial charge in [-0.15, -0.1) is 11.3 Å². The van der Waals surface area contributed by atoms with Crippen LogP contribution in [0, 0.1) is 6.92 Å². The molecule has 0 spiro atoms. The Balaban J connectivity index is 1.66. The van der Waals surface area contributed by atoms with E-state index in [1.807, 2.05) is 35.4 Å². The molecule has 1 aromatic carbocycles. The zero-order chi connectivity index (χ0) is 18.8. The predicted molar refractivity (Wildman–Crippen MR) is 110 cm³/mol. The summed E-state index contributed by atoms with van der Waals surface area (Å²) >= 11 is 1.55. The molecule has 0 unspecified atom stereocenters. The first-order valence-corrected chi connectivity index (χ1v) is 10.4. The number of fused-ring (bicyclic) bond motifs is 1. The summed E-state index contributed by atoms with van der Waals surface area (Å²) in [5, 5.41) is 3.82. The number of carbonyl (C=O) groups is 1. The average molecular weight is 384 g/mol. The van der Waals surface area contributed by atoms with E-state index in [9.17, 15) is 4.79 Å². The predicted octanol–water partition coefficient (Wildman–Crippen LogP) is 4.85. The van der Waals surface area contributed by atoms with E-state index in [1.165, 1.54) is 19.3 Å². The summed E-state index contributed by atoms with van der Waals surface area (Å²) in [6, 6.07) is 6.22. The van der Waals surface area contributed by atoms with E-state index in [0.717, 1.165) is 45.9 Å². The SMILES string of the molecule is COc1ccc2[nH]c(C)c(CC(=O)N(c3nccs3)C3CCCCC3)c2c1. The molecule has 1 aliphatic rings. The van der Waals surface area contributed by atoms with Crippen LogP contribution >= 0.6 is 11.3 Å². The van der Waals surface area contributed by atoms with Gasteiger partial charge < -0.3 is 9.72 Å². The third kappa shape index (κ3) is 3.58. The summed E-state index contributed by atoms with van der Waals surface area (Å²) in [4.78, 5) is 23.2. The van der Waals surface area contributed by atoms with E-state index in [4.69, 9.17) is 4.74 Å². The van der Waals surface area contributed by atoms with Crippen LogP contribution < -0.4 is 9.64 Å². The largest absolute Gasteiger partial charge is 0.497 e. The molecule has 2 heterocycles. The van der Waals surface area contributed by atoms with Gasteiger partial charge in [-0.2, -0.15) is 0 Å². The molecule has 5 nitrogen and oxygen atoms in total. The third-order valence-corrected chi connectivity index (χ3v) is 6.26. The minimum Gasteiger partial charge on any atom is -0.497 e. The number of methoxy groups -OCH3 is 1. The molecule has 4 rings (SSSR count). The lowest BCUT2D eigenvalue weighted by molar-refractivity contribution is -0.118. The molecule has 3 aromatic rings. The van der Waals surface area contributed by atoms with Gasteiger partial charge in [0.1, 0.15) is 5.75 Å². The molecule has 2 aromatic heterocycles. The zero-order valence-electron chi connectivity index (χ0n) is 15.8. The molecule has 0 radical (unpaired) electrons. The van der Waals surface area contributed by atoms with Crippen molar-refractivity contribution >= 4 is 33.3 Å². The Morgan fingerprint density at radius 2 is 2.15 bits per heavy atom. The Labute approximate surface area is 163 Å².